The van der Waals surface area contributed by atoms with Crippen LogP contribution in [-0.4, -0.2) is 30.2 Å². The lowest BCUT2D eigenvalue weighted by atomic mass is 10.2. The maximum Gasteiger partial charge on any atom is 0.354 e. The molecule has 0 amide bonds. The van der Waals surface area contributed by atoms with Crippen molar-refractivity contribution < 1.29 is 19.0 Å². The van der Waals surface area contributed by atoms with Gasteiger partial charge in [-0.2, -0.15) is 14.4 Å². The van der Waals surface area contributed by atoms with Crippen LogP contribution in [0.5, 0.6) is 11.6 Å². The summed E-state index contributed by atoms with van der Waals surface area (Å²) < 4.78 is 21.0. The Hall–Kier alpha value is -4.51. The molecule has 2 aromatic carbocycles. The number of hydrogen-bond donors (Lipinski definition) is 2. The van der Waals surface area contributed by atoms with Gasteiger partial charge >= 0.3 is 17.3 Å². The lowest BCUT2D eigenvalue weighted by molar-refractivity contribution is -0.137. The largest absolute Gasteiger partial charge is 0.481 e. The third-order valence-electron chi connectivity index (χ3n) is 5.29. The molecule has 0 aliphatic heterocycles. The van der Waals surface area contributed by atoms with Crippen LogP contribution in [0.15, 0.2) is 70.3 Å². The highest BCUT2D eigenvalue weighted by molar-refractivity contribution is 6.30. The van der Waals surface area contributed by atoms with Crippen molar-refractivity contribution in [2.24, 2.45) is 0 Å². The first-order valence-electron chi connectivity index (χ1n) is 11.1. The summed E-state index contributed by atoms with van der Waals surface area (Å²) in [5.74, 6) is -1.33. The molecule has 12 heteroatoms. The monoisotopic (exact) mass is 525 g/mol. The Kier molecular flexibility index (Phi) is 7.63. The van der Waals surface area contributed by atoms with Crippen molar-refractivity contribution in [3.63, 3.8) is 0 Å². The number of carboxylic acid groups (broad SMARTS) is 1. The minimum absolute atomic E-state index is 0.0311. The Morgan fingerprint density at radius 2 is 1.84 bits per heavy atom. The number of benzene rings is 2. The predicted molar refractivity (Wildman–Crippen MR) is 134 cm³/mol. The molecular formula is C25H21ClFN5O5. The number of carboxylic acids is 1. The number of aliphatic carboxylic acids is 1. The van der Waals surface area contributed by atoms with E-state index in [9.17, 15) is 18.8 Å². The van der Waals surface area contributed by atoms with Crippen molar-refractivity contribution in [3.05, 3.63) is 104 Å². The summed E-state index contributed by atoms with van der Waals surface area (Å²) in [6.45, 7) is 1.49. The molecular weight excluding hydrogens is 505 g/mol. The number of nitrogens with one attached hydrogen (secondary N) is 1. The lowest BCUT2D eigenvalue weighted by Crippen LogP contribution is -2.43. The van der Waals surface area contributed by atoms with Crippen molar-refractivity contribution in [2.75, 3.05) is 5.32 Å². The molecule has 0 saturated carbocycles. The van der Waals surface area contributed by atoms with Crippen LogP contribution in [0.2, 0.25) is 5.02 Å². The summed E-state index contributed by atoms with van der Waals surface area (Å²) in [7, 11) is 0. The molecule has 2 aromatic heterocycles. The second kappa shape index (κ2) is 11.0. The number of rotatable bonds is 9. The molecule has 0 saturated heterocycles. The van der Waals surface area contributed by atoms with Gasteiger partial charge in [-0.05, 0) is 54.4 Å². The molecule has 190 valence electrons. The first-order chi connectivity index (χ1) is 17.7. The van der Waals surface area contributed by atoms with E-state index in [1.165, 1.54) is 22.8 Å². The maximum atomic E-state index is 13.4. The minimum Gasteiger partial charge on any atom is -0.481 e. The van der Waals surface area contributed by atoms with E-state index in [0.29, 0.717) is 27.6 Å². The van der Waals surface area contributed by atoms with Crippen molar-refractivity contribution in [3.8, 4) is 11.6 Å². The van der Waals surface area contributed by atoms with E-state index in [2.05, 4.69) is 15.3 Å². The van der Waals surface area contributed by atoms with Crippen LogP contribution in [0.4, 0.5) is 16.0 Å². The fourth-order valence-electron chi connectivity index (χ4n) is 3.47. The van der Waals surface area contributed by atoms with Crippen LogP contribution in [0, 0.1) is 12.9 Å². The van der Waals surface area contributed by atoms with Crippen LogP contribution in [0.1, 0.15) is 17.5 Å². The van der Waals surface area contributed by atoms with Crippen molar-refractivity contribution in [1.82, 2.24) is 19.1 Å². The number of halogens is 2. The molecule has 0 aliphatic carbocycles. The summed E-state index contributed by atoms with van der Waals surface area (Å²) >= 11 is 5.96. The second-order valence-electron chi connectivity index (χ2n) is 8.01. The highest BCUT2D eigenvalue weighted by Gasteiger charge is 2.16. The molecule has 10 nitrogen and oxygen atoms in total. The van der Waals surface area contributed by atoms with E-state index >= 15 is 0 Å². The topological polar surface area (TPSA) is 128 Å². The average Bonchev–Trinajstić information content (AvgIpc) is 2.84. The van der Waals surface area contributed by atoms with Gasteiger partial charge in [0.2, 0.25) is 17.8 Å². The molecule has 2 N–H and O–H groups in total. The standard InChI is InChI=1S/C25H21ClFN5O5/c1-15-13-18(9-10-19(15)37-21-4-2-3-20(27)29-21)28-23-30-24(35)31(12-11-22(33)34)25(36)32(23)14-16-5-7-17(26)8-6-16/h2-10,13H,11-12,14H2,1H3,(H,33,34)(H,28,30,35). The van der Waals surface area contributed by atoms with Gasteiger partial charge < -0.3 is 15.2 Å². The fraction of sp³-hybridized carbons (Fsp3) is 0.160. The summed E-state index contributed by atoms with van der Waals surface area (Å²) in [5, 5.41) is 12.5. The van der Waals surface area contributed by atoms with Gasteiger partial charge in [0, 0.05) is 23.3 Å². The quantitative estimate of drug-likeness (QED) is 0.314. The van der Waals surface area contributed by atoms with E-state index in [1.54, 1.807) is 49.4 Å². The van der Waals surface area contributed by atoms with Gasteiger partial charge in [-0.1, -0.05) is 29.8 Å². The number of nitrogens with zero attached hydrogens (tertiary/aromatic N) is 4. The molecule has 0 unspecified atom stereocenters. The molecule has 0 bridgehead atoms. The smallest absolute Gasteiger partial charge is 0.354 e. The van der Waals surface area contributed by atoms with E-state index in [0.717, 1.165) is 4.57 Å². The summed E-state index contributed by atoms with van der Waals surface area (Å²) in [5.41, 5.74) is 0.277. The number of aryl methyl sites for hydroxylation is 1. The van der Waals surface area contributed by atoms with Gasteiger partial charge in [-0.25, -0.2) is 14.2 Å². The van der Waals surface area contributed by atoms with Crippen molar-refractivity contribution in [1.29, 1.82) is 0 Å². The normalized spacial score (nSPS) is 10.8. The molecule has 37 heavy (non-hydrogen) atoms. The predicted octanol–water partition coefficient (Wildman–Crippen LogP) is 3.96. The first-order valence-corrected chi connectivity index (χ1v) is 11.4. The SMILES string of the molecule is Cc1cc(Nc2nc(=O)n(CCC(=O)O)c(=O)n2Cc2ccc(Cl)cc2)ccc1Oc1cccc(F)n1. The fourth-order valence-corrected chi connectivity index (χ4v) is 3.59. The van der Waals surface area contributed by atoms with Crippen LogP contribution in [-0.2, 0) is 17.9 Å². The molecule has 4 aromatic rings. The minimum atomic E-state index is -1.15. The van der Waals surface area contributed by atoms with Crippen molar-refractivity contribution in [2.45, 2.75) is 26.4 Å². The van der Waals surface area contributed by atoms with Gasteiger partial charge in [0.1, 0.15) is 5.75 Å². The number of anilines is 2. The van der Waals surface area contributed by atoms with Crippen LogP contribution in [0.3, 0.4) is 0 Å². The zero-order valence-electron chi connectivity index (χ0n) is 19.5. The van der Waals surface area contributed by atoms with Crippen LogP contribution < -0.4 is 21.4 Å². The van der Waals surface area contributed by atoms with Crippen molar-refractivity contribution >= 4 is 29.2 Å². The lowest BCUT2D eigenvalue weighted by Gasteiger charge is -2.16. The van der Waals surface area contributed by atoms with Crippen LogP contribution in [0.25, 0.3) is 0 Å². The molecule has 0 atom stereocenters. The zero-order chi connectivity index (χ0) is 26.5. The van der Waals surface area contributed by atoms with Gasteiger partial charge in [0.15, 0.2) is 0 Å². The molecule has 2 heterocycles. The highest BCUT2D eigenvalue weighted by atomic mass is 35.5. The summed E-state index contributed by atoms with van der Waals surface area (Å²) in [6, 6.07) is 15.9. The van der Waals surface area contributed by atoms with Gasteiger partial charge in [0.25, 0.3) is 0 Å². The molecule has 0 spiro atoms. The first kappa shape index (κ1) is 25.6. The molecule has 0 fully saturated rings. The van der Waals surface area contributed by atoms with Gasteiger partial charge in [-0.3, -0.25) is 9.36 Å². The van der Waals surface area contributed by atoms with E-state index in [-0.39, 0.29) is 24.9 Å². The molecule has 0 radical (unpaired) electrons. The maximum absolute atomic E-state index is 13.4. The van der Waals surface area contributed by atoms with Crippen LogP contribution >= 0.6 is 11.6 Å². The number of ether oxygens (including phenoxy) is 1. The summed E-state index contributed by atoms with van der Waals surface area (Å²) in [4.78, 5) is 44.5. The Morgan fingerprint density at radius 1 is 1.08 bits per heavy atom. The van der Waals surface area contributed by atoms with Gasteiger partial charge in [0.05, 0.1) is 13.0 Å². The van der Waals surface area contributed by atoms with Gasteiger partial charge in [-0.15, -0.1) is 0 Å². The Balaban J connectivity index is 1.67. The van der Waals surface area contributed by atoms with E-state index < -0.39 is 29.7 Å². The van der Waals surface area contributed by atoms with E-state index in [4.69, 9.17) is 21.4 Å². The van der Waals surface area contributed by atoms with E-state index in [1.807, 2.05) is 0 Å². The highest BCUT2D eigenvalue weighted by Crippen LogP contribution is 2.27. The average molecular weight is 526 g/mol. The number of aromatic nitrogens is 4. The zero-order valence-corrected chi connectivity index (χ0v) is 20.3. The Labute approximate surface area is 214 Å². The number of carbonyl (C=O) groups is 1. The summed E-state index contributed by atoms with van der Waals surface area (Å²) in [6.07, 6.45) is -0.411. The molecule has 4 rings (SSSR count). The third kappa shape index (κ3) is 6.39. The number of pyridine rings is 1. The Bertz CT molecular complexity index is 1570. The second-order valence-corrected chi connectivity index (χ2v) is 8.45. The third-order valence-corrected chi connectivity index (χ3v) is 5.54. The molecule has 0 aliphatic rings. The number of hydrogen-bond acceptors (Lipinski definition) is 7. The Morgan fingerprint density at radius 3 is 2.51 bits per heavy atom.